The molecule has 0 aromatic heterocycles. The number of anilines is 1. The summed E-state index contributed by atoms with van der Waals surface area (Å²) in [6.07, 6.45) is 0.384. The van der Waals surface area contributed by atoms with Crippen molar-refractivity contribution in [2.24, 2.45) is 0 Å². The molecule has 1 N–H and O–H groups in total. The summed E-state index contributed by atoms with van der Waals surface area (Å²) in [5, 5.41) is 4.04. The van der Waals surface area contributed by atoms with Crippen LogP contribution in [0.2, 0.25) is 10.0 Å². The van der Waals surface area contributed by atoms with Gasteiger partial charge in [0.25, 0.3) is 0 Å². The van der Waals surface area contributed by atoms with E-state index in [0.29, 0.717) is 16.5 Å². The van der Waals surface area contributed by atoms with E-state index in [4.69, 9.17) is 23.2 Å². The van der Waals surface area contributed by atoms with Crippen LogP contribution in [0.25, 0.3) is 0 Å². The van der Waals surface area contributed by atoms with E-state index in [1.54, 1.807) is 6.07 Å². The van der Waals surface area contributed by atoms with E-state index in [1.807, 2.05) is 26.0 Å². The van der Waals surface area contributed by atoms with Gasteiger partial charge < -0.3 is 5.32 Å². The van der Waals surface area contributed by atoms with Gasteiger partial charge in [0, 0.05) is 18.0 Å². The van der Waals surface area contributed by atoms with Gasteiger partial charge in [-0.15, -0.1) is 0 Å². The van der Waals surface area contributed by atoms with E-state index >= 15 is 0 Å². The molecular formula is C17H15Cl2NO. The molecule has 4 heteroatoms. The van der Waals surface area contributed by atoms with E-state index in [0.717, 1.165) is 27.9 Å². The first kappa shape index (κ1) is 14.4. The van der Waals surface area contributed by atoms with Crippen molar-refractivity contribution in [1.82, 2.24) is 0 Å². The van der Waals surface area contributed by atoms with Crippen LogP contribution in [0.15, 0.2) is 30.3 Å². The van der Waals surface area contributed by atoms with E-state index in [2.05, 4.69) is 17.4 Å². The molecule has 1 aliphatic heterocycles. The molecule has 1 atom stereocenters. The largest absolute Gasteiger partial charge is 0.326 e. The van der Waals surface area contributed by atoms with E-state index in [1.165, 1.54) is 0 Å². The Morgan fingerprint density at radius 2 is 1.86 bits per heavy atom. The lowest BCUT2D eigenvalue weighted by molar-refractivity contribution is -0.116. The van der Waals surface area contributed by atoms with E-state index < -0.39 is 0 Å². The predicted octanol–water partition coefficient (Wildman–Crippen LogP) is 5.08. The summed E-state index contributed by atoms with van der Waals surface area (Å²) in [7, 11) is 0. The van der Waals surface area contributed by atoms with Crippen molar-refractivity contribution in [2.75, 3.05) is 5.32 Å². The lowest BCUT2D eigenvalue weighted by Crippen LogP contribution is -2.24. The molecule has 2 aromatic carbocycles. The number of benzene rings is 2. The Morgan fingerprint density at radius 1 is 1.10 bits per heavy atom. The SMILES string of the molecule is Cc1ccc2c(c1C)NC(=O)C[C@@H]2c1cccc(Cl)c1Cl. The van der Waals surface area contributed by atoms with Crippen LogP contribution in [0.5, 0.6) is 0 Å². The second-order valence-corrected chi connectivity index (χ2v) is 6.20. The first-order chi connectivity index (χ1) is 9.99. The minimum atomic E-state index is -0.0563. The monoisotopic (exact) mass is 319 g/mol. The van der Waals surface area contributed by atoms with Crippen LogP contribution < -0.4 is 5.32 Å². The van der Waals surface area contributed by atoms with Crippen molar-refractivity contribution in [3.8, 4) is 0 Å². The van der Waals surface area contributed by atoms with Gasteiger partial charge in [-0.2, -0.15) is 0 Å². The average molecular weight is 320 g/mol. The number of hydrogen-bond donors (Lipinski definition) is 1. The number of amides is 1. The third-order valence-electron chi connectivity index (χ3n) is 4.15. The Hall–Kier alpha value is -1.51. The number of halogens is 2. The molecule has 21 heavy (non-hydrogen) atoms. The second-order valence-electron chi connectivity index (χ2n) is 5.42. The van der Waals surface area contributed by atoms with E-state index in [-0.39, 0.29) is 11.8 Å². The van der Waals surface area contributed by atoms with Crippen LogP contribution in [0.4, 0.5) is 5.69 Å². The van der Waals surface area contributed by atoms with Crippen LogP contribution in [-0.4, -0.2) is 5.91 Å². The highest BCUT2D eigenvalue weighted by Gasteiger charge is 2.29. The summed E-state index contributed by atoms with van der Waals surface area (Å²) in [5.74, 6) is -0.0449. The molecule has 0 fully saturated rings. The standard InChI is InChI=1S/C17H15Cl2NO/c1-9-6-7-12-13(8-15(21)20-17(12)10(9)2)11-4-3-5-14(18)16(11)19/h3-7,13H,8H2,1-2H3,(H,20,21)/t13-/m1/s1. The molecule has 0 unspecified atom stereocenters. The highest BCUT2D eigenvalue weighted by Crippen LogP contribution is 2.43. The molecule has 0 saturated heterocycles. The maximum Gasteiger partial charge on any atom is 0.225 e. The molecule has 108 valence electrons. The summed E-state index contributed by atoms with van der Waals surface area (Å²) >= 11 is 12.5. The van der Waals surface area contributed by atoms with Crippen LogP contribution >= 0.6 is 23.2 Å². The Morgan fingerprint density at radius 3 is 2.62 bits per heavy atom. The molecule has 1 amide bonds. The number of hydrogen-bond acceptors (Lipinski definition) is 1. The summed E-state index contributed by atoms with van der Waals surface area (Å²) < 4.78 is 0. The van der Waals surface area contributed by atoms with Crippen molar-refractivity contribution >= 4 is 34.8 Å². The molecular weight excluding hydrogens is 305 g/mol. The maximum absolute atomic E-state index is 12.1. The summed E-state index contributed by atoms with van der Waals surface area (Å²) in [5.41, 5.74) is 5.17. The van der Waals surface area contributed by atoms with Gasteiger partial charge in [-0.25, -0.2) is 0 Å². The van der Waals surface area contributed by atoms with Gasteiger partial charge in [0.15, 0.2) is 0 Å². The van der Waals surface area contributed by atoms with Gasteiger partial charge >= 0.3 is 0 Å². The predicted molar refractivity (Wildman–Crippen MR) is 87.5 cm³/mol. The zero-order valence-electron chi connectivity index (χ0n) is 11.8. The molecule has 3 rings (SSSR count). The normalized spacial score (nSPS) is 17.3. The highest BCUT2D eigenvalue weighted by atomic mass is 35.5. The Kier molecular flexibility index (Phi) is 3.68. The lowest BCUT2D eigenvalue weighted by atomic mass is 9.83. The van der Waals surface area contributed by atoms with E-state index in [9.17, 15) is 4.79 Å². The van der Waals surface area contributed by atoms with Crippen molar-refractivity contribution in [1.29, 1.82) is 0 Å². The number of nitrogens with one attached hydrogen (secondary N) is 1. The van der Waals surface area contributed by atoms with Crippen LogP contribution in [0, 0.1) is 13.8 Å². The van der Waals surface area contributed by atoms with Crippen LogP contribution in [-0.2, 0) is 4.79 Å². The van der Waals surface area contributed by atoms with Crippen molar-refractivity contribution in [3.05, 3.63) is 62.6 Å². The smallest absolute Gasteiger partial charge is 0.225 e. The molecule has 0 bridgehead atoms. The second kappa shape index (κ2) is 5.36. The molecule has 0 spiro atoms. The van der Waals surface area contributed by atoms with Gasteiger partial charge in [0.1, 0.15) is 0 Å². The number of fused-ring (bicyclic) bond motifs is 1. The molecule has 2 nitrogen and oxygen atoms in total. The minimum absolute atomic E-state index is 0.0113. The third-order valence-corrected chi connectivity index (χ3v) is 4.99. The Balaban J connectivity index is 2.20. The lowest BCUT2D eigenvalue weighted by Gasteiger charge is -2.28. The summed E-state index contributed by atoms with van der Waals surface area (Å²) in [6, 6.07) is 9.72. The van der Waals surface area contributed by atoms with Crippen molar-refractivity contribution < 1.29 is 4.79 Å². The zero-order chi connectivity index (χ0) is 15.1. The molecule has 2 aromatic rings. The number of rotatable bonds is 1. The summed E-state index contributed by atoms with van der Waals surface area (Å²) in [4.78, 5) is 12.1. The van der Waals surface area contributed by atoms with Gasteiger partial charge in [0.2, 0.25) is 5.91 Å². The quantitative estimate of drug-likeness (QED) is 0.779. The van der Waals surface area contributed by atoms with Crippen molar-refractivity contribution in [3.63, 3.8) is 0 Å². The fraction of sp³-hybridized carbons (Fsp3) is 0.235. The van der Waals surface area contributed by atoms with Crippen LogP contribution in [0.1, 0.15) is 34.6 Å². The van der Waals surface area contributed by atoms with Gasteiger partial charge in [0.05, 0.1) is 10.0 Å². The van der Waals surface area contributed by atoms with Crippen LogP contribution in [0.3, 0.4) is 0 Å². The average Bonchev–Trinajstić information content (AvgIpc) is 2.46. The number of carbonyl (C=O) groups is 1. The third kappa shape index (κ3) is 2.43. The molecule has 0 radical (unpaired) electrons. The fourth-order valence-corrected chi connectivity index (χ4v) is 3.29. The zero-order valence-corrected chi connectivity index (χ0v) is 13.3. The van der Waals surface area contributed by atoms with Gasteiger partial charge in [-0.1, -0.05) is 47.5 Å². The number of aryl methyl sites for hydroxylation is 1. The molecule has 1 heterocycles. The topological polar surface area (TPSA) is 29.1 Å². The maximum atomic E-state index is 12.1. The Bertz CT molecular complexity index is 740. The molecule has 0 saturated carbocycles. The fourth-order valence-electron chi connectivity index (χ4n) is 2.85. The summed E-state index contributed by atoms with van der Waals surface area (Å²) in [6.45, 7) is 4.06. The number of carbonyl (C=O) groups excluding carboxylic acids is 1. The van der Waals surface area contributed by atoms with Crippen molar-refractivity contribution in [2.45, 2.75) is 26.2 Å². The molecule has 1 aliphatic rings. The molecule has 0 aliphatic carbocycles. The highest BCUT2D eigenvalue weighted by molar-refractivity contribution is 6.42. The Labute approximate surface area is 134 Å². The minimum Gasteiger partial charge on any atom is -0.326 e. The first-order valence-corrected chi connectivity index (χ1v) is 7.58. The van der Waals surface area contributed by atoms with Gasteiger partial charge in [-0.3, -0.25) is 4.79 Å². The van der Waals surface area contributed by atoms with Gasteiger partial charge in [-0.05, 0) is 42.2 Å². The first-order valence-electron chi connectivity index (χ1n) is 6.83.